The maximum absolute atomic E-state index is 12.7. The van der Waals surface area contributed by atoms with Gasteiger partial charge >= 0.3 is 0 Å². The summed E-state index contributed by atoms with van der Waals surface area (Å²) in [7, 11) is 6.54. The zero-order chi connectivity index (χ0) is 17.5. The Balaban J connectivity index is 0.000000647. The smallest absolute Gasteiger partial charge is 0.170 e. The lowest BCUT2D eigenvalue weighted by atomic mass is 9.79. The molecule has 0 saturated carbocycles. The Labute approximate surface area is 143 Å². The van der Waals surface area contributed by atoms with E-state index in [1.807, 2.05) is 42.5 Å². The molecule has 0 heterocycles. The van der Waals surface area contributed by atoms with Crippen LogP contribution in [0.1, 0.15) is 33.8 Å². The first-order valence-corrected chi connectivity index (χ1v) is 7.89. The van der Waals surface area contributed by atoms with Crippen LogP contribution in [0.15, 0.2) is 42.5 Å². The third-order valence-electron chi connectivity index (χ3n) is 4.11. The number of ether oxygens (including phenoxy) is 3. The molecule has 1 aliphatic carbocycles. The normalized spacial score (nSPS) is 15.8. The van der Waals surface area contributed by atoms with Crippen molar-refractivity contribution in [2.75, 3.05) is 28.4 Å². The summed E-state index contributed by atoms with van der Waals surface area (Å²) in [6, 6.07) is 13.5. The van der Waals surface area contributed by atoms with Gasteiger partial charge in [0, 0.05) is 25.7 Å². The van der Waals surface area contributed by atoms with Crippen LogP contribution in [0.4, 0.5) is 0 Å². The number of methoxy groups -OCH3 is 3. The Morgan fingerprint density at radius 1 is 0.875 bits per heavy atom. The Morgan fingerprint density at radius 2 is 1.46 bits per heavy atom. The van der Waals surface area contributed by atoms with E-state index in [4.69, 9.17) is 9.47 Å². The quantitative estimate of drug-likeness (QED) is 0.858. The van der Waals surface area contributed by atoms with Crippen molar-refractivity contribution in [2.24, 2.45) is 0 Å². The number of ketones is 1. The average molecular weight is 328 g/mol. The molecular formula is C20H24O4. The van der Waals surface area contributed by atoms with Crippen molar-refractivity contribution in [2.45, 2.75) is 18.8 Å². The van der Waals surface area contributed by atoms with Gasteiger partial charge in [0.05, 0.1) is 14.2 Å². The lowest BCUT2D eigenvalue weighted by Crippen LogP contribution is -2.20. The summed E-state index contributed by atoms with van der Waals surface area (Å²) >= 11 is 0. The number of hydrogen-bond donors (Lipinski definition) is 0. The van der Waals surface area contributed by atoms with Crippen molar-refractivity contribution in [3.05, 3.63) is 59.2 Å². The standard InChI is InChI=1S/C18H18O3.C2H6O/c1-20-14-6-3-12(4-7-14)16-9-5-13-11-15(21-2)8-10-17(13)18(16)19;1-3-2/h3-4,6-8,10-11,16H,5,9H2,1-2H3;1-2H3. The lowest BCUT2D eigenvalue weighted by molar-refractivity contribution is 0.0946. The molecule has 2 aromatic rings. The topological polar surface area (TPSA) is 44.8 Å². The molecule has 4 nitrogen and oxygen atoms in total. The predicted molar refractivity (Wildman–Crippen MR) is 94.3 cm³/mol. The molecule has 0 N–H and O–H groups in total. The van der Waals surface area contributed by atoms with Crippen molar-refractivity contribution >= 4 is 5.78 Å². The molecule has 1 aliphatic rings. The van der Waals surface area contributed by atoms with Crippen molar-refractivity contribution in [1.29, 1.82) is 0 Å². The summed E-state index contributed by atoms with van der Waals surface area (Å²) in [5.41, 5.74) is 2.97. The highest BCUT2D eigenvalue weighted by molar-refractivity contribution is 6.03. The van der Waals surface area contributed by atoms with E-state index >= 15 is 0 Å². The second kappa shape index (κ2) is 8.50. The van der Waals surface area contributed by atoms with Crippen LogP contribution in [0, 0.1) is 0 Å². The van der Waals surface area contributed by atoms with Crippen LogP contribution >= 0.6 is 0 Å². The van der Waals surface area contributed by atoms with Crippen LogP contribution in [0.25, 0.3) is 0 Å². The number of aryl methyl sites for hydroxylation is 1. The Morgan fingerprint density at radius 3 is 2.04 bits per heavy atom. The van der Waals surface area contributed by atoms with E-state index in [0.29, 0.717) is 0 Å². The molecule has 0 bridgehead atoms. The van der Waals surface area contributed by atoms with Crippen LogP contribution in [-0.2, 0) is 11.2 Å². The van der Waals surface area contributed by atoms with E-state index in [1.165, 1.54) is 0 Å². The molecule has 0 spiro atoms. The molecule has 128 valence electrons. The lowest BCUT2D eigenvalue weighted by Gasteiger charge is -2.24. The summed E-state index contributed by atoms with van der Waals surface area (Å²) in [6.07, 6.45) is 1.74. The largest absolute Gasteiger partial charge is 0.497 e. The Hall–Kier alpha value is -2.33. The minimum absolute atomic E-state index is 0.0585. The average Bonchev–Trinajstić information content (AvgIpc) is 2.62. The van der Waals surface area contributed by atoms with Gasteiger partial charge in [0.1, 0.15) is 11.5 Å². The molecule has 0 aliphatic heterocycles. The van der Waals surface area contributed by atoms with Crippen LogP contribution < -0.4 is 9.47 Å². The highest BCUT2D eigenvalue weighted by Gasteiger charge is 2.28. The minimum Gasteiger partial charge on any atom is -0.497 e. The summed E-state index contributed by atoms with van der Waals surface area (Å²) in [4.78, 5) is 12.7. The Kier molecular flexibility index (Phi) is 6.38. The van der Waals surface area contributed by atoms with Crippen LogP contribution in [0.5, 0.6) is 11.5 Å². The molecule has 0 radical (unpaired) electrons. The van der Waals surface area contributed by atoms with Gasteiger partial charge in [-0.1, -0.05) is 12.1 Å². The highest BCUT2D eigenvalue weighted by atomic mass is 16.5. The summed E-state index contributed by atoms with van der Waals surface area (Å²) in [5, 5.41) is 0. The van der Waals surface area contributed by atoms with Gasteiger partial charge in [-0.25, -0.2) is 0 Å². The van der Waals surface area contributed by atoms with Crippen molar-refractivity contribution in [3.63, 3.8) is 0 Å². The first kappa shape index (κ1) is 18.0. The first-order chi connectivity index (χ1) is 11.6. The number of carbonyl (C=O) groups excluding carboxylic acids is 1. The number of carbonyl (C=O) groups is 1. The van der Waals surface area contributed by atoms with E-state index in [1.54, 1.807) is 28.4 Å². The van der Waals surface area contributed by atoms with E-state index in [-0.39, 0.29) is 11.7 Å². The van der Waals surface area contributed by atoms with Gasteiger partial charge < -0.3 is 14.2 Å². The molecule has 24 heavy (non-hydrogen) atoms. The van der Waals surface area contributed by atoms with Gasteiger partial charge in [0.25, 0.3) is 0 Å². The summed E-state index contributed by atoms with van der Waals surface area (Å²) in [5.74, 6) is 1.76. The molecule has 1 atom stereocenters. The molecule has 0 amide bonds. The molecule has 3 rings (SSSR count). The molecule has 0 saturated heterocycles. The minimum atomic E-state index is -0.0585. The van der Waals surface area contributed by atoms with Gasteiger partial charge in [-0.2, -0.15) is 0 Å². The van der Waals surface area contributed by atoms with E-state index in [2.05, 4.69) is 4.74 Å². The summed E-state index contributed by atoms with van der Waals surface area (Å²) < 4.78 is 14.6. The summed E-state index contributed by atoms with van der Waals surface area (Å²) in [6.45, 7) is 0. The van der Waals surface area contributed by atoms with Crippen LogP contribution in [0.3, 0.4) is 0 Å². The maximum Gasteiger partial charge on any atom is 0.170 e. The van der Waals surface area contributed by atoms with Gasteiger partial charge in [-0.15, -0.1) is 0 Å². The molecule has 4 heteroatoms. The SMILES string of the molecule is COC.COc1ccc(C2CCc3cc(OC)ccc3C2=O)cc1. The van der Waals surface area contributed by atoms with Crippen molar-refractivity contribution in [1.82, 2.24) is 0 Å². The molecule has 0 aromatic heterocycles. The zero-order valence-electron chi connectivity index (χ0n) is 14.7. The van der Waals surface area contributed by atoms with Crippen LogP contribution in [0.2, 0.25) is 0 Å². The third kappa shape index (κ3) is 3.95. The van der Waals surface area contributed by atoms with Crippen LogP contribution in [-0.4, -0.2) is 34.2 Å². The van der Waals surface area contributed by atoms with E-state index in [9.17, 15) is 4.79 Å². The predicted octanol–water partition coefficient (Wildman–Crippen LogP) is 3.88. The third-order valence-corrected chi connectivity index (χ3v) is 4.11. The molecule has 0 fully saturated rings. The molecule has 1 unspecified atom stereocenters. The maximum atomic E-state index is 12.7. The van der Waals surface area contributed by atoms with Gasteiger partial charge in [-0.3, -0.25) is 4.79 Å². The van der Waals surface area contributed by atoms with Gasteiger partial charge in [0.2, 0.25) is 0 Å². The fourth-order valence-corrected chi connectivity index (χ4v) is 2.92. The van der Waals surface area contributed by atoms with Crippen molar-refractivity contribution in [3.8, 4) is 11.5 Å². The first-order valence-electron chi connectivity index (χ1n) is 7.89. The fraction of sp³-hybridized carbons (Fsp3) is 0.350. The molecular weight excluding hydrogens is 304 g/mol. The van der Waals surface area contributed by atoms with E-state index in [0.717, 1.165) is 41.0 Å². The molecule has 2 aromatic carbocycles. The van der Waals surface area contributed by atoms with Gasteiger partial charge in [-0.05, 0) is 54.3 Å². The van der Waals surface area contributed by atoms with E-state index < -0.39 is 0 Å². The fourth-order valence-electron chi connectivity index (χ4n) is 2.92. The Bertz CT molecular complexity index is 677. The number of fused-ring (bicyclic) bond motifs is 1. The second-order valence-corrected chi connectivity index (χ2v) is 5.66. The number of rotatable bonds is 3. The second-order valence-electron chi connectivity index (χ2n) is 5.66. The number of Topliss-reactive ketones (excluding diaryl/α,β-unsaturated/α-hetero) is 1. The van der Waals surface area contributed by atoms with Crippen molar-refractivity contribution < 1.29 is 19.0 Å². The van der Waals surface area contributed by atoms with Gasteiger partial charge in [0.15, 0.2) is 5.78 Å². The number of hydrogen-bond acceptors (Lipinski definition) is 4. The highest BCUT2D eigenvalue weighted by Crippen LogP contribution is 2.34. The zero-order valence-corrected chi connectivity index (χ0v) is 14.7. The number of benzene rings is 2. The monoisotopic (exact) mass is 328 g/mol.